The van der Waals surface area contributed by atoms with Gasteiger partial charge in [-0.25, -0.2) is 0 Å². The molecule has 3 unspecified atom stereocenters. The number of piperidine rings is 1. The van der Waals surface area contributed by atoms with Crippen molar-refractivity contribution < 1.29 is 4.74 Å². The summed E-state index contributed by atoms with van der Waals surface area (Å²) in [6.45, 7) is 11.7. The maximum Gasteiger partial charge on any atom is 0.194 e. The molecule has 2 saturated heterocycles. The second-order valence-corrected chi connectivity index (χ2v) is 6.18. The number of likely N-dealkylation sites (tertiary alicyclic amines) is 1. The van der Waals surface area contributed by atoms with Gasteiger partial charge in [0, 0.05) is 26.2 Å². The molecule has 2 aliphatic heterocycles. The summed E-state index contributed by atoms with van der Waals surface area (Å²) in [5.41, 5.74) is 0. The molecule has 0 aromatic heterocycles. The minimum atomic E-state index is 0.341. The van der Waals surface area contributed by atoms with Crippen LogP contribution < -0.4 is 5.32 Å². The molecular weight excluding hydrogens is 238 g/mol. The predicted octanol–water partition coefficient (Wildman–Crippen LogP) is 2.11. The van der Waals surface area contributed by atoms with E-state index in [1.807, 2.05) is 0 Å². The van der Waals surface area contributed by atoms with Crippen LogP contribution in [0.2, 0.25) is 0 Å². The van der Waals surface area contributed by atoms with Crippen LogP contribution in [0.15, 0.2) is 4.99 Å². The third kappa shape index (κ3) is 4.37. The normalized spacial score (nSPS) is 32.7. The van der Waals surface area contributed by atoms with Crippen LogP contribution in [0.1, 0.15) is 40.0 Å². The van der Waals surface area contributed by atoms with E-state index in [0.717, 1.165) is 57.0 Å². The van der Waals surface area contributed by atoms with E-state index in [4.69, 9.17) is 9.73 Å². The molecule has 0 aliphatic carbocycles. The summed E-state index contributed by atoms with van der Waals surface area (Å²) in [7, 11) is 0. The quantitative estimate of drug-likeness (QED) is 0.628. The summed E-state index contributed by atoms with van der Waals surface area (Å²) >= 11 is 0. The lowest BCUT2D eigenvalue weighted by atomic mass is 9.92. The molecule has 2 rings (SSSR count). The van der Waals surface area contributed by atoms with Crippen molar-refractivity contribution >= 4 is 5.96 Å². The van der Waals surface area contributed by atoms with Gasteiger partial charge in [0.1, 0.15) is 0 Å². The summed E-state index contributed by atoms with van der Waals surface area (Å²) in [5, 5.41) is 3.44. The number of nitrogens with one attached hydrogen (secondary N) is 1. The Morgan fingerprint density at radius 1 is 1.32 bits per heavy atom. The van der Waals surface area contributed by atoms with Crippen LogP contribution in [0.5, 0.6) is 0 Å². The van der Waals surface area contributed by atoms with Gasteiger partial charge in [0.25, 0.3) is 0 Å². The molecule has 4 heteroatoms. The zero-order chi connectivity index (χ0) is 13.7. The highest BCUT2D eigenvalue weighted by atomic mass is 16.5. The molecule has 0 amide bonds. The average molecular weight is 267 g/mol. The van der Waals surface area contributed by atoms with Crippen molar-refractivity contribution in [2.24, 2.45) is 16.8 Å². The van der Waals surface area contributed by atoms with Gasteiger partial charge in [-0.3, -0.25) is 4.99 Å². The fourth-order valence-electron chi connectivity index (χ4n) is 3.24. The largest absolute Gasteiger partial charge is 0.376 e. The molecule has 1 N–H and O–H groups in total. The van der Waals surface area contributed by atoms with Crippen molar-refractivity contribution in [3.05, 3.63) is 0 Å². The Bertz CT molecular complexity index is 290. The highest BCUT2D eigenvalue weighted by Crippen LogP contribution is 2.21. The van der Waals surface area contributed by atoms with E-state index in [9.17, 15) is 0 Å². The zero-order valence-electron chi connectivity index (χ0n) is 12.7. The van der Waals surface area contributed by atoms with Gasteiger partial charge in [-0.15, -0.1) is 0 Å². The second kappa shape index (κ2) is 7.13. The molecule has 4 nitrogen and oxygen atoms in total. The number of nitrogens with zero attached hydrogens (tertiary/aromatic N) is 2. The fraction of sp³-hybridized carbons (Fsp3) is 0.933. The molecule has 0 aromatic rings. The Morgan fingerprint density at radius 2 is 2.05 bits per heavy atom. The molecule has 0 radical (unpaired) electrons. The van der Waals surface area contributed by atoms with E-state index in [1.165, 1.54) is 12.8 Å². The number of hydrogen-bond acceptors (Lipinski definition) is 2. The van der Waals surface area contributed by atoms with Crippen LogP contribution in [-0.4, -0.2) is 49.7 Å². The summed E-state index contributed by atoms with van der Waals surface area (Å²) in [6, 6.07) is 0. The molecule has 2 heterocycles. The standard InChI is InChI=1S/C15H29N3O/c1-4-16-15(17-9-14-6-5-7-19-14)18-10-12(2)8-13(3)11-18/h12-14H,4-11H2,1-3H3,(H,16,17). The fourth-order valence-corrected chi connectivity index (χ4v) is 3.24. The molecule has 110 valence electrons. The summed E-state index contributed by atoms with van der Waals surface area (Å²) in [6.07, 6.45) is 4.03. The van der Waals surface area contributed by atoms with Crippen molar-refractivity contribution in [2.75, 3.05) is 32.8 Å². The van der Waals surface area contributed by atoms with Crippen LogP contribution >= 0.6 is 0 Å². The highest BCUT2D eigenvalue weighted by molar-refractivity contribution is 5.80. The Labute approximate surface area is 117 Å². The first-order chi connectivity index (χ1) is 9.19. The lowest BCUT2D eigenvalue weighted by Crippen LogP contribution is -2.48. The smallest absolute Gasteiger partial charge is 0.194 e. The summed E-state index contributed by atoms with van der Waals surface area (Å²) in [5.74, 6) is 2.60. The first kappa shape index (κ1) is 14.6. The van der Waals surface area contributed by atoms with E-state index in [0.29, 0.717) is 6.10 Å². The minimum absolute atomic E-state index is 0.341. The third-order valence-corrected chi connectivity index (χ3v) is 3.97. The van der Waals surface area contributed by atoms with Crippen molar-refractivity contribution in [1.82, 2.24) is 10.2 Å². The van der Waals surface area contributed by atoms with Crippen LogP contribution in [-0.2, 0) is 4.74 Å². The van der Waals surface area contributed by atoms with Gasteiger partial charge in [-0.2, -0.15) is 0 Å². The first-order valence-electron chi connectivity index (χ1n) is 7.84. The second-order valence-electron chi connectivity index (χ2n) is 6.18. The average Bonchev–Trinajstić information content (AvgIpc) is 2.86. The SMILES string of the molecule is CCNC(=NCC1CCCO1)N1CC(C)CC(C)C1. The molecule has 0 bridgehead atoms. The van der Waals surface area contributed by atoms with Crippen molar-refractivity contribution in [2.45, 2.75) is 46.1 Å². The van der Waals surface area contributed by atoms with Gasteiger partial charge in [0.15, 0.2) is 5.96 Å². The molecular formula is C15H29N3O. The minimum Gasteiger partial charge on any atom is -0.376 e. The highest BCUT2D eigenvalue weighted by Gasteiger charge is 2.24. The monoisotopic (exact) mass is 267 g/mol. The lowest BCUT2D eigenvalue weighted by Gasteiger charge is -2.37. The molecule has 2 fully saturated rings. The van der Waals surface area contributed by atoms with Gasteiger partial charge in [-0.05, 0) is 38.0 Å². The molecule has 0 aromatic carbocycles. The van der Waals surface area contributed by atoms with E-state index in [2.05, 4.69) is 31.0 Å². The van der Waals surface area contributed by atoms with Crippen LogP contribution in [0.3, 0.4) is 0 Å². The lowest BCUT2D eigenvalue weighted by molar-refractivity contribution is 0.117. The Balaban J connectivity index is 1.94. The molecule has 2 aliphatic rings. The summed E-state index contributed by atoms with van der Waals surface area (Å²) < 4.78 is 5.66. The van der Waals surface area contributed by atoms with Gasteiger partial charge >= 0.3 is 0 Å². The van der Waals surface area contributed by atoms with Crippen molar-refractivity contribution in [3.8, 4) is 0 Å². The number of hydrogen-bond donors (Lipinski definition) is 1. The van der Waals surface area contributed by atoms with Crippen molar-refractivity contribution in [3.63, 3.8) is 0 Å². The van der Waals surface area contributed by atoms with Gasteiger partial charge < -0.3 is 15.0 Å². The predicted molar refractivity (Wildman–Crippen MR) is 79.5 cm³/mol. The molecule has 19 heavy (non-hydrogen) atoms. The summed E-state index contributed by atoms with van der Waals surface area (Å²) in [4.78, 5) is 7.22. The van der Waals surface area contributed by atoms with Gasteiger partial charge in [0.2, 0.25) is 0 Å². The number of guanidine groups is 1. The van der Waals surface area contributed by atoms with Crippen LogP contribution in [0.4, 0.5) is 0 Å². The van der Waals surface area contributed by atoms with Crippen molar-refractivity contribution in [1.29, 1.82) is 0 Å². The van der Waals surface area contributed by atoms with E-state index < -0.39 is 0 Å². The van der Waals surface area contributed by atoms with Gasteiger partial charge in [-0.1, -0.05) is 13.8 Å². The molecule has 0 spiro atoms. The number of aliphatic imine (C=N–C) groups is 1. The third-order valence-electron chi connectivity index (χ3n) is 3.97. The molecule has 0 saturated carbocycles. The number of rotatable bonds is 3. The number of ether oxygens (including phenoxy) is 1. The molecule has 3 atom stereocenters. The van der Waals surface area contributed by atoms with E-state index >= 15 is 0 Å². The Kier molecular flexibility index (Phi) is 5.49. The van der Waals surface area contributed by atoms with Gasteiger partial charge in [0.05, 0.1) is 12.6 Å². The maximum absolute atomic E-state index is 5.66. The Morgan fingerprint density at radius 3 is 2.63 bits per heavy atom. The topological polar surface area (TPSA) is 36.9 Å². The van der Waals surface area contributed by atoms with Crippen LogP contribution in [0, 0.1) is 11.8 Å². The van der Waals surface area contributed by atoms with E-state index in [1.54, 1.807) is 0 Å². The first-order valence-corrected chi connectivity index (χ1v) is 7.84. The Hall–Kier alpha value is -0.770. The zero-order valence-corrected chi connectivity index (χ0v) is 12.7. The van der Waals surface area contributed by atoms with E-state index in [-0.39, 0.29) is 0 Å². The van der Waals surface area contributed by atoms with Crippen LogP contribution in [0.25, 0.3) is 0 Å². The maximum atomic E-state index is 5.66.